The van der Waals surface area contributed by atoms with Crippen LogP contribution in [0.25, 0.3) is 5.65 Å². The number of carboxylic acid groups (broad SMARTS) is 1. The first-order valence-electron chi connectivity index (χ1n) is 12.2. The summed E-state index contributed by atoms with van der Waals surface area (Å²) in [7, 11) is 0. The van der Waals surface area contributed by atoms with E-state index in [1.54, 1.807) is 43.6 Å². The maximum absolute atomic E-state index is 14.3. The summed E-state index contributed by atoms with van der Waals surface area (Å²) in [5, 5.41) is 14.0. The Kier molecular flexibility index (Phi) is 7.24. The summed E-state index contributed by atoms with van der Waals surface area (Å²) in [4.78, 5) is 32.1. The van der Waals surface area contributed by atoms with Crippen molar-refractivity contribution in [2.75, 3.05) is 18.0 Å². The molecule has 198 valence electrons. The van der Waals surface area contributed by atoms with E-state index in [0.29, 0.717) is 30.7 Å². The molecule has 11 heteroatoms. The predicted molar refractivity (Wildman–Crippen MR) is 135 cm³/mol. The third-order valence-corrected chi connectivity index (χ3v) is 5.86. The van der Waals surface area contributed by atoms with Gasteiger partial charge in [-0.15, -0.1) is 5.10 Å². The molecule has 2 aromatic heterocycles. The predicted octanol–water partition coefficient (Wildman–Crippen LogP) is 5.59. The zero-order valence-corrected chi connectivity index (χ0v) is 21.6. The molecule has 1 aliphatic heterocycles. The average molecular weight is 514 g/mol. The Hall–Kier alpha value is -3.89. The van der Waals surface area contributed by atoms with Crippen LogP contribution in [-0.4, -0.2) is 61.6 Å². The van der Waals surface area contributed by atoms with E-state index < -0.39 is 29.7 Å². The molecule has 3 heterocycles. The summed E-state index contributed by atoms with van der Waals surface area (Å²) in [6.07, 6.45) is 0.836. The molecule has 0 saturated carbocycles. The Labute approximate surface area is 214 Å². The van der Waals surface area contributed by atoms with Gasteiger partial charge in [-0.3, -0.25) is 0 Å². The molecule has 0 radical (unpaired) electrons. The summed E-state index contributed by atoms with van der Waals surface area (Å²) in [6.45, 7) is 9.85. The molecular formula is C26H32FN5O5. The molecular weight excluding hydrogens is 481 g/mol. The second-order valence-electron chi connectivity index (χ2n) is 10.3. The van der Waals surface area contributed by atoms with Gasteiger partial charge in [0.25, 0.3) is 0 Å². The number of anilines is 2. The second-order valence-corrected chi connectivity index (χ2v) is 10.3. The highest BCUT2D eigenvalue weighted by Crippen LogP contribution is 2.35. The maximum Gasteiger partial charge on any atom is 0.419 e. The third kappa shape index (κ3) is 5.92. The molecule has 1 unspecified atom stereocenters. The number of imidazole rings is 1. The molecule has 2 amide bonds. The van der Waals surface area contributed by atoms with Crippen molar-refractivity contribution < 1.29 is 28.6 Å². The molecule has 0 spiro atoms. The SMILES string of the molecule is CC(C)c1cnc2c(N(C(=O)OC(C)(C)C)c3cccc(F)c3)cc(OC3CCCN(C(=O)O)C3)nn12. The topological polar surface area (TPSA) is 110 Å². The van der Waals surface area contributed by atoms with Gasteiger partial charge in [0.05, 0.1) is 24.1 Å². The fourth-order valence-corrected chi connectivity index (χ4v) is 4.21. The quantitative estimate of drug-likeness (QED) is 0.474. The highest BCUT2D eigenvalue weighted by atomic mass is 19.1. The number of aromatic nitrogens is 3. The Morgan fingerprint density at radius 1 is 1.24 bits per heavy atom. The Morgan fingerprint density at radius 3 is 2.65 bits per heavy atom. The Bertz CT molecular complexity index is 1300. The van der Waals surface area contributed by atoms with Crippen LogP contribution in [0.1, 0.15) is 59.1 Å². The van der Waals surface area contributed by atoms with E-state index in [-0.39, 0.29) is 24.0 Å². The standard InChI is InChI=1S/C26H32FN5O5/c1-16(2)21-14-28-23-20(31(25(35)37-26(3,4)5)18-9-6-8-17(27)12-18)13-22(29-32(21)23)36-19-10-7-11-30(15-19)24(33)34/h6,8-9,12-14,16,19H,7,10-11,15H2,1-5H3,(H,33,34). The van der Waals surface area contributed by atoms with Gasteiger partial charge in [-0.2, -0.15) is 0 Å². The lowest BCUT2D eigenvalue weighted by atomic mass is 10.1. The van der Waals surface area contributed by atoms with Crippen LogP contribution in [0.2, 0.25) is 0 Å². The van der Waals surface area contributed by atoms with Gasteiger partial charge in [-0.25, -0.2) is 28.4 Å². The number of halogens is 1. The number of hydrogen-bond acceptors (Lipinski definition) is 6. The summed E-state index contributed by atoms with van der Waals surface area (Å²) >= 11 is 0. The number of benzene rings is 1. The fraction of sp³-hybridized carbons (Fsp3) is 0.462. The number of likely N-dealkylation sites (tertiary alicyclic amines) is 1. The van der Waals surface area contributed by atoms with Gasteiger partial charge in [0, 0.05) is 12.6 Å². The molecule has 0 aliphatic carbocycles. The van der Waals surface area contributed by atoms with Gasteiger partial charge in [0.1, 0.15) is 23.2 Å². The van der Waals surface area contributed by atoms with Crippen molar-refractivity contribution >= 4 is 29.2 Å². The Balaban J connectivity index is 1.85. The summed E-state index contributed by atoms with van der Waals surface area (Å²) in [6, 6.07) is 7.19. The van der Waals surface area contributed by atoms with Crippen LogP contribution in [-0.2, 0) is 4.74 Å². The van der Waals surface area contributed by atoms with E-state index in [0.717, 1.165) is 5.69 Å². The first-order valence-corrected chi connectivity index (χ1v) is 12.2. The van der Waals surface area contributed by atoms with E-state index in [2.05, 4.69) is 10.1 Å². The lowest BCUT2D eigenvalue weighted by Gasteiger charge is -2.31. The van der Waals surface area contributed by atoms with Crippen LogP contribution in [0.4, 0.5) is 25.4 Å². The second kappa shape index (κ2) is 10.2. The van der Waals surface area contributed by atoms with Gasteiger partial charge < -0.3 is 19.5 Å². The average Bonchev–Trinajstić information content (AvgIpc) is 3.23. The number of carbonyl (C=O) groups excluding carboxylic acids is 1. The molecule has 1 saturated heterocycles. The van der Waals surface area contributed by atoms with E-state index in [1.807, 2.05) is 13.8 Å². The first kappa shape index (κ1) is 26.2. The number of piperidine rings is 1. The minimum Gasteiger partial charge on any atom is -0.471 e. The monoisotopic (exact) mass is 513 g/mol. The molecule has 3 aromatic rings. The number of hydrogen-bond donors (Lipinski definition) is 1. The molecule has 1 fully saturated rings. The van der Waals surface area contributed by atoms with Crippen LogP contribution < -0.4 is 9.64 Å². The number of nitrogens with zero attached hydrogens (tertiary/aromatic N) is 5. The molecule has 1 aliphatic rings. The number of rotatable bonds is 5. The van der Waals surface area contributed by atoms with Crippen molar-refractivity contribution in [3.63, 3.8) is 0 Å². The van der Waals surface area contributed by atoms with Crippen LogP contribution in [0.15, 0.2) is 36.5 Å². The number of amides is 2. The normalized spacial score (nSPS) is 16.2. The van der Waals surface area contributed by atoms with Crippen molar-refractivity contribution in [1.82, 2.24) is 19.5 Å². The molecule has 1 aromatic carbocycles. The van der Waals surface area contributed by atoms with E-state index in [1.165, 1.54) is 28.0 Å². The van der Waals surface area contributed by atoms with Crippen LogP contribution in [0.5, 0.6) is 5.88 Å². The minimum atomic E-state index is -1.00. The highest BCUT2D eigenvalue weighted by molar-refractivity contribution is 6.00. The third-order valence-electron chi connectivity index (χ3n) is 5.86. The smallest absolute Gasteiger partial charge is 0.419 e. The van der Waals surface area contributed by atoms with E-state index in [4.69, 9.17) is 9.47 Å². The van der Waals surface area contributed by atoms with Gasteiger partial charge in [-0.05, 0) is 57.7 Å². The lowest BCUT2D eigenvalue weighted by Crippen LogP contribution is -2.43. The molecule has 37 heavy (non-hydrogen) atoms. The zero-order chi connectivity index (χ0) is 26.9. The van der Waals surface area contributed by atoms with Gasteiger partial charge >= 0.3 is 12.2 Å². The van der Waals surface area contributed by atoms with Gasteiger partial charge in [-0.1, -0.05) is 19.9 Å². The molecule has 1 N–H and O–H groups in total. The highest BCUT2D eigenvalue weighted by Gasteiger charge is 2.30. The van der Waals surface area contributed by atoms with Crippen molar-refractivity contribution in [1.29, 1.82) is 0 Å². The molecule has 1 atom stereocenters. The maximum atomic E-state index is 14.3. The van der Waals surface area contributed by atoms with Crippen LogP contribution >= 0.6 is 0 Å². The van der Waals surface area contributed by atoms with Crippen molar-refractivity contribution in [2.45, 2.75) is 65.1 Å². The summed E-state index contributed by atoms with van der Waals surface area (Å²) < 4.78 is 27.7. The molecule has 4 rings (SSSR count). The van der Waals surface area contributed by atoms with Crippen LogP contribution in [0.3, 0.4) is 0 Å². The van der Waals surface area contributed by atoms with Crippen molar-refractivity contribution in [2.24, 2.45) is 0 Å². The molecule has 0 bridgehead atoms. The van der Waals surface area contributed by atoms with Crippen molar-refractivity contribution in [3.8, 4) is 5.88 Å². The number of carbonyl (C=O) groups is 2. The zero-order valence-electron chi connectivity index (χ0n) is 21.6. The largest absolute Gasteiger partial charge is 0.471 e. The lowest BCUT2D eigenvalue weighted by molar-refractivity contribution is 0.0598. The fourth-order valence-electron chi connectivity index (χ4n) is 4.21. The van der Waals surface area contributed by atoms with Gasteiger partial charge in [0.2, 0.25) is 5.88 Å². The first-order chi connectivity index (χ1) is 17.4. The summed E-state index contributed by atoms with van der Waals surface area (Å²) in [5.74, 6) is -0.286. The number of ether oxygens (including phenoxy) is 2. The van der Waals surface area contributed by atoms with E-state index in [9.17, 15) is 19.1 Å². The summed E-state index contributed by atoms with van der Waals surface area (Å²) in [5.41, 5.74) is 0.870. The van der Waals surface area contributed by atoms with Crippen LogP contribution in [0, 0.1) is 5.82 Å². The number of fused-ring (bicyclic) bond motifs is 1. The Morgan fingerprint density at radius 2 is 2.00 bits per heavy atom. The minimum absolute atomic E-state index is 0.0481. The van der Waals surface area contributed by atoms with Gasteiger partial charge in [0.15, 0.2) is 5.65 Å². The molecule has 10 nitrogen and oxygen atoms in total. The van der Waals surface area contributed by atoms with Crippen molar-refractivity contribution in [3.05, 3.63) is 48.0 Å². The van der Waals surface area contributed by atoms with E-state index >= 15 is 0 Å².